The molecule has 246 valence electrons. The molecule has 1 aromatic carbocycles. The normalized spacial score (nSPS) is 22.2. The Hall–Kier alpha value is -3.20. The number of aliphatic hydroxyl groups is 1. The van der Waals surface area contributed by atoms with Crippen LogP contribution in [0.25, 0.3) is 11.2 Å². The third-order valence-electron chi connectivity index (χ3n) is 8.39. The summed E-state index contributed by atoms with van der Waals surface area (Å²) in [4.78, 5) is 34.6. The monoisotopic (exact) mass is 674 g/mol. The smallest absolute Gasteiger partial charge is 0.479 e. The summed E-state index contributed by atoms with van der Waals surface area (Å²) < 4.78 is 33.6. The first-order valence-corrected chi connectivity index (χ1v) is 15.2. The molecule has 4 unspecified atom stereocenters. The number of benzene rings is 1. The number of hydrogen-bond acceptors (Lipinski definition) is 8. The van der Waals surface area contributed by atoms with Crippen molar-refractivity contribution < 1.29 is 38.1 Å². The fourth-order valence-corrected chi connectivity index (χ4v) is 6.74. The molecule has 2 aliphatic heterocycles. The number of carboxylic acids is 2. The second kappa shape index (κ2) is 14.1. The van der Waals surface area contributed by atoms with Crippen LogP contribution in [0.15, 0.2) is 24.4 Å². The Bertz CT molecular complexity index is 1540. The number of hydrogen-bond donors (Lipinski definition) is 3. The molecule has 3 aromatic rings. The number of aliphatic carboxylic acids is 2. The number of nitrogens with zero attached hydrogens (tertiary/aromatic N) is 6. The summed E-state index contributed by atoms with van der Waals surface area (Å²) >= 11 is 12.6. The standard InChI is InChI=1S/C27H34Cl2N6O3.C2HF3O2/c1-15-14-33(10-8-22(15)34-9-4-5-19(34)12-23(36)27(37)38)24-13-30-25-16(2)32-35(26(25)31-24)17(3)20-7-6-18(28)11-21(20)29;3-2(4,5)1(6)7/h6-7,11,13,15,17,19,22-23,36H,4-5,8-10,12,14H2,1-3H3,(H,37,38);(H,6,7)/t15?,17?,19-,22?,23?;/m0./s1. The maximum absolute atomic E-state index is 11.2. The molecule has 5 rings (SSSR count). The van der Waals surface area contributed by atoms with Gasteiger partial charge in [-0.25, -0.2) is 24.2 Å². The fraction of sp³-hybridized carbons (Fsp3) is 0.552. The van der Waals surface area contributed by atoms with Crippen molar-refractivity contribution in [1.29, 1.82) is 0 Å². The summed E-state index contributed by atoms with van der Waals surface area (Å²) in [6.45, 7) is 8.81. The zero-order valence-electron chi connectivity index (χ0n) is 24.9. The lowest BCUT2D eigenvalue weighted by Gasteiger charge is -2.44. The van der Waals surface area contributed by atoms with Crippen molar-refractivity contribution in [3.63, 3.8) is 0 Å². The number of anilines is 1. The van der Waals surface area contributed by atoms with Gasteiger partial charge in [-0.15, -0.1) is 0 Å². The largest absolute Gasteiger partial charge is 0.490 e. The van der Waals surface area contributed by atoms with E-state index in [-0.39, 0.29) is 18.5 Å². The Morgan fingerprint density at radius 3 is 2.44 bits per heavy atom. The molecular formula is C29H35Cl2F3N6O5. The molecule has 2 aliphatic rings. The van der Waals surface area contributed by atoms with Crippen molar-refractivity contribution in [2.45, 2.75) is 76.9 Å². The lowest BCUT2D eigenvalue weighted by atomic mass is 9.91. The van der Waals surface area contributed by atoms with Gasteiger partial charge in [0, 0.05) is 35.2 Å². The minimum Gasteiger partial charge on any atom is -0.479 e. The first-order valence-electron chi connectivity index (χ1n) is 14.5. The van der Waals surface area contributed by atoms with Crippen LogP contribution in [0.4, 0.5) is 19.0 Å². The minimum atomic E-state index is -5.08. The molecule has 2 aromatic heterocycles. The van der Waals surface area contributed by atoms with Crippen molar-refractivity contribution in [2.24, 2.45) is 5.92 Å². The minimum absolute atomic E-state index is 0.106. The maximum Gasteiger partial charge on any atom is 0.490 e. The van der Waals surface area contributed by atoms with Gasteiger partial charge in [0.25, 0.3) is 0 Å². The van der Waals surface area contributed by atoms with E-state index in [1.165, 1.54) is 0 Å². The van der Waals surface area contributed by atoms with E-state index >= 15 is 0 Å². The van der Waals surface area contributed by atoms with Crippen LogP contribution in [-0.2, 0) is 9.59 Å². The van der Waals surface area contributed by atoms with Gasteiger partial charge in [-0.3, -0.25) is 4.90 Å². The van der Waals surface area contributed by atoms with Crippen LogP contribution in [0.3, 0.4) is 0 Å². The highest BCUT2D eigenvalue weighted by Crippen LogP contribution is 2.34. The van der Waals surface area contributed by atoms with Crippen LogP contribution < -0.4 is 4.90 Å². The lowest BCUT2D eigenvalue weighted by Crippen LogP contribution is -2.52. The van der Waals surface area contributed by atoms with Crippen LogP contribution in [0, 0.1) is 12.8 Å². The molecule has 2 fully saturated rings. The van der Waals surface area contributed by atoms with Crippen LogP contribution in [-0.4, -0.2) is 95.9 Å². The Labute approximate surface area is 267 Å². The van der Waals surface area contributed by atoms with Crippen molar-refractivity contribution in [1.82, 2.24) is 24.6 Å². The Balaban J connectivity index is 0.000000591. The zero-order chi connectivity index (χ0) is 33.2. The highest BCUT2D eigenvalue weighted by atomic mass is 35.5. The summed E-state index contributed by atoms with van der Waals surface area (Å²) in [5.74, 6) is -2.73. The number of fused-ring (bicyclic) bond motifs is 1. The molecular weight excluding hydrogens is 640 g/mol. The molecule has 3 N–H and O–H groups in total. The van der Waals surface area contributed by atoms with E-state index in [0.717, 1.165) is 67.1 Å². The van der Waals surface area contributed by atoms with Gasteiger partial charge >= 0.3 is 18.1 Å². The van der Waals surface area contributed by atoms with E-state index in [1.54, 1.807) is 6.07 Å². The molecule has 0 amide bonds. The van der Waals surface area contributed by atoms with E-state index in [2.05, 4.69) is 16.7 Å². The number of halogens is 5. The predicted molar refractivity (Wildman–Crippen MR) is 162 cm³/mol. The van der Waals surface area contributed by atoms with Gasteiger partial charge in [-0.1, -0.05) is 36.2 Å². The number of aliphatic hydroxyl groups excluding tert-OH is 1. The summed E-state index contributed by atoms with van der Waals surface area (Å²) in [6.07, 6.45) is -1.38. The predicted octanol–water partition coefficient (Wildman–Crippen LogP) is 5.20. The number of piperidine rings is 1. The average Bonchev–Trinajstić information content (AvgIpc) is 3.56. The second-order valence-corrected chi connectivity index (χ2v) is 12.3. The molecule has 16 heteroatoms. The number of aryl methyl sites for hydroxylation is 1. The SMILES string of the molecule is Cc1nn(C(C)c2ccc(Cl)cc2Cl)c2nc(N3CCC(N4CCC[C@H]4CC(O)C(=O)O)C(C)C3)cnc12.O=C(O)C(F)(F)F. The highest BCUT2D eigenvalue weighted by Gasteiger charge is 2.39. The molecule has 5 atom stereocenters. The van der Waals surface area contributed by atoms with Crippen molar-refractivity contribution in [3.05, 3.63) is 45.7 Å². The number of carbonyl (C=O) groups is 2. The van der Waals surface area contributed by atoms with E-state index in [0.29, 0.717) is 22.0 Å². The van der Waals surface area contributed by atoms with Crippen molar-refractivity contribution in [3.8, 4) is 0 Å². The molecule has 45 heavy (non-hydrogen) atoms. The number of likely N-dealkylation sites (tertiary alicyclic amines) is 1. The van der Waals surface area contributed by atoms with Crippen molar-refractivity contribution in [2.75, 3.05) is 24.5 Å². The molecule has 2 saturated heterocycles. The summed E-state index contributed by atoms with van der Waals surface area (Å²) in [7, 11) is 0. The first kappa shape index (κ1) is 34.7. The molecule has 0 radical (unpaired) electrons. The second-order valence-electron chi connectivity index (χ2n) is 11.5. The molecule has 0 bridgehead atoms. The topological polar surface area (TPSA) is 145 Å². The fourth-order valence-electron chi connectivity index (χ4n) is 6.18. The number of rotatable bonds is 7. The molecule has 11 nitrogen and oxygen atoms in total. The van der Waals surface area contributed by atoms with Crippen LogP contribution in [0.2, 0.25) is 10.0 Å². The van der Waals surface area contributed by atoms with E-state index in [1.807, 2.05) is 36.9 Å². The van der Waals surface area contributed by atoms with Gasteiger partial charge in [-0.2, -0.15) is 18.3 Å². The molecule has 4 heterocycles. The Morgan fingerprint density at radius 2 is 1.84 bits per heavy atom. The summed E-state index contributed by atoms with van der Waals surface area (Å²) in [6, 6.07) is 5.78. The average molecular weight is 676 g/mol. The van der Waals surface area contributed by atoms with Gasteiger partial charge in [0.2, 0.25) is 0 Å². The van der Waals surface area contributed by atoms with E-state index in [4.69, 9.17) is 53.3 Å². The number of alkyl halides is 3. The zero-order valence-corrected chi connectivity index (χ0v) is 26.4. The third-order valence-corrected chi connectivity index (χ3v) is 8.96. The first-order chi connectivity index (χ1) is 21.1. The van der Waals surface area contributed by atoms with E-state index < -0.39 is 24.2 Å². The van der Waals surface area contributed by atoms with Crippen molar-refractivity contribution >= 4 is 52.1 Å². The van der Waals surface area contributed by atoms with Crippen LogP contribution >= 0.6 is 23.2 Å². The number of aromatic nitrogens is 4. The number of carboxylic acid groups (broad SMARTS) is 2. The van der Waals surface area contributed by atoms with Crippen LogP contribution in [0.1, 0.15) is 56.8 Å². The Kier molecular flexibility index (Phi) is 10.8. The van der Waals surface area contributed by atoms with Crippen LogP contribution in [0.5, 0.6) is 0 Å². The lowest BCUT2D eigenvalue weighted by molar-refractivity contribution is -0.192. The van der Waals surface area contributed by atoms with Gasteiger partial charge in [0.15, 0.2) is 11.8 Å². The summed E-state index contributed by atoms with van der Waals surface area (Å²) in [5.41, 5.74) is 3.21. The Morgan fingerprint density at radius 1 is 1.16 bits per heavy atom. The van der Waals surface area contributed by atoms with Gasteiger partial charge in [0.1, 0.15) is 11.3 Å². The molecule has 0 aliphatic carbocycles. The highest BCUT2D eigenvalue weighted by molar-refractivity contribution is 6.35. The molecule has 0 spiro atoms. The summed E-state index contributed by atoms with van der Waals surface area (Å²) in [5, 5.41) is 32.2. The van der Waals surface area contributed by atoms with Gasteiger partial charge in [-0.05, 0) is 69.7 Å². The van der Waals surface area contributed by atoms with Gasteiger partial charge in [0.05, 0.1) is 17.9 Å². The molecule has 0 saturated carbocycles. The maximum atomic E-state index is 11.2. The third kappa shape index (κ3) is 7.97. The van der Waals surface area contributed by atoms with E-state index in [9.17, 15) is 23.1 Å². The van der Waals surface area contributed by atoms with Gasteiger partial charge < -0.3 is 20.2 Å². The quantitative estimate of drug-likeness (QED) is 0.306.